The molecule has 0 heterocycles. The standard InChI is InChI=1S/C22H16N2O3S/c23-18-7-3-4-8-19(18)28-12-20(25)24-13-9-10-16-17(11-13)22(27)15-6-2-1-5-14(15)21(16)26/h1-11H,12,23H2,(H,24,25). The van der Waals surface area contributed by atoms with Gasteiger partial charge in [-0.15, -0.1) is 11.8 Å². The third kappa shape index (κ3) is 3.30. The minimum Gasteiger partial charge on any atom is -0.398 e. The van der Waals surface area contributed by atoms with E-state index in [1.54, 1.807) is 48.5 Å². The Labute approximate surface area is 165 Å². The summed E-state index contributed by atoms with van der Waals surface area (Å²) in [5.41, 5.74) is 8.44. The SMILES string of the molecule is Nc1ccccc1SCC(=O)Nc1ccc2c(c1)C(=O)c1ccccc1C2=O. The zero-order valence-corrected chi connectivity index (χ0v) is 15.6. The van der Waals surface area contributed by atoms with E-state index >= 15 is 0 Å². The Morgan fingerprint density at radius 2 is 1.43 bits per heavy atom. The number of benzene rings is 3. The molecule has 0 aromatic heterocycles. The first-order valence-corrected chi connectivity index (χ1v) is 9.63. The summed E-state index contributed by atoms with van der Waals surface area (Å²) in [6.45, 7) is 0. The van der Waals surface area contributed by atoms with Gasteiger partial charge in [-0.1, -0.05) is 36.4 Å². The van der Waals surface area contributed by atoms with Gasteiger partial charge in [0.15, 0.2) is 11.6 Å². The van der Waals surface area contributed by atoms with E-state index in [1.165, 1.54) is 11.8 Å². The lowest BCUT2D eigenvalue weighted by atomic mass is 9.84. The van der Waals surface area contributed by atoms with Crippen LogP contribution in [0.4, 0.5) is 11.4 Å². The van der Waals surface area contributed by atoms with Gasteiger partial charge in [0.05, 0.1) is 5.75 Å². The van der Waals surface area contributed by atoms with Crippen molar-refractivity contribution in [2.45, 2.75) is 4.90 Å². The number of nitrogens with two attached hydrogens (primary N) is 1. The predicted molar refractivity (Wildman–Crippen MR) is 110 cm³/mol. The Morgan fingerprint density at radius 3 is 2.14 bits per heavy atom. The minimum absolute atomic E-state index is 0.182. The van der Waals surface area contributed by atoms with E-state index in [9.17, 15) is 14.4 Å². The van der Waals surface area contributed by atoms with Gasteiger partial charge in [0, 0.05) is 38.5 Å². The van der Waals surface area contributed by atoms with Crippen molar-refractivity contribution >= 4 is 40.6 Å². The second-order valence-electron chi connectivity index (χ2n) is 6.34. The Bertz CT molecular complexity index is 1120. The molecule has 0 radical (unpaired) electrons. The van der Waals surface area contributed by atoms with Crippen LogP contribution in [0.3, 0.4) is 0 Å². The molecule has 0 bridgehead atoms. The first-order valence-electron chi connectivity index (χ1n) is 8.64. The number of carbonyl (C=O) groups is 3. The molecule has 3 aromatic carbocycles. The smallest absolute Gasteiger partial charge is 0.234 e. The van der Waals surface area contributed by atoms with Crippen LogP contribution >= 0.6 is 11.8 Å². The third-order valence-electron chi connectivity index (χ3n) is 4.49. The van der Waals surface area contributed by atoms with E-state index in [0.29, 0.717) is 33.6 Å². The largest absolute Gasteiger partial charge is 0.398 e. The van der Waals surface area contributed by atoms with Crippen LogP contribution in [0.5, 0.6) is 0 Å². The molecule has 138 valence electrons. The number of fused-ring (bicyclic) bond motifs is 2. The highest BCUT2D eigenvalue weighted by atomic mass is 32.2. The monoisotopic (exact) mass is 388 g/mol. The van der Waals surface area contributed by atoms with Gasteiger partial charge in [-0.2, -0.15) is 0 Å². The summed E-state index contributed by atoms with van der Waals surface area (Å²) in [4.78, 5) is 38.5. The molecule has 0 aliphatic heterocycles. The van der Waals surface area contributed by atoms with Crippen molar-refractivity contribution in [2.75, 3.05) is 16.8 Å². The lowest BCUT2D eigenvalue weighted by molar-refractivity contribution is -0.113. The Hall–Kier alpha value is -3.38. The van der Waals surface area contributed by atoms with Crippen LogP contribution in [0, 0.1) is 0 Å². The molecule has 4 rings (SSSR count). The third-order valence-corrected chi connectivity index (χ3v) is 5.58. The fraction of sp³-hybridized carbons (Fsp3) is 0.0455. The van der Waals surface area contributed by atoms with E-state index < -0.39 is 0 Å². The fourth-order valence-electron chi connectivity index (χ4n) is 3.13. The number of rotatable bonds is 4. The van der Waals surface area contributed by atoms with Crippen LogP contribution in [-0.4, -0.2) is 23.2 Å². The number of anilines is 2. The molecule has 1 aliphatic carbocycles. The van der Waals surface area contributed by atoms with E-state index in [1.807, 2.05) is 18.2 Å². The first-order chi connectivity index (χ1) is 13.5. The zero-order valence-electron chi connectivity index (χ0n) is 14.8. The molecule has 1 amide bonds. The number of nitrogens with one attached hydrogen (secondary N) is 1. The quantitative estimate of drug-likeness (QED) is 0.410. The Balaban J connectivity index is 1.51. The molecule has 0 spiro atoms. The molecule has 0 atom stereocenters. The van der Waals surface area contributed by atoms with Crippen molar-refractivity contribution in [2.24, 2.45) is 0 Å². The van der Waals surface area contributed by atoms with E-state index in [4.69, 9.17) is 5.73 Å². The first kappa shape index (κ1) is 18.0. The molecular weight excluding hydrogens is 372 g/mol. The van der Waals surface area contributed by atoms with Crippen LogP contribution in [-0.2, 0) is 4.79 Å². The topological polar surface area (TPSA) is 89.3 Å². The summed E-state index contributed by atoms with van der Waals surface area (Å²) in [6.07, 6.45) is 0. The number of ketones is 2. The number of carbonyl (C=O) groups excluding carboxylic acids is 3. The predicted octanol–water partition coefficient (Wildman–Crippen LogP) is 3.78. The van der Waals surface area contributed by atoms with Crippen molar-refractivity contribution in [3.8, 4) is 0 Å². The number of nitrogen functional groups attached to an aromatic ring is 1. The molecule has 0 saturated heterocycles. The number of amides is 1. The molecule has 5 nitrogen and oxygen atoms in total. The van der Waals surface area contributed by atoms with Crippen LogP contribution in [0.2, 0.25) is 0 Å². The summed E-state index contributed by atoms with van der Waals surface area (Å²) in [6, 6.07) is 18.9. The number of hydrogen-bond acceptors (Lipinski definition) is 5. The fourth-order valence-corrected chi connectivity index (χ4v) is 3.90. The number of thioether (sulfide) groups is 1. The van der Waals surface area contributed by atoms with Crippen molar-refractivity contribution in [1.29, 1.82) is 0 Å². The highest BCUT2D eigenvalue weighted by Gasteiger charge is 2.29. The summed E-state index contributed by atoms with van der Waals surface area (Å²) >= 11 is 1.34. The van der Waals surface area contributed by atoms with Gasteiger partial charge in [-0.05, 0) is 30.3 Å². The van der Waals surface area contributed by atoms with Crippen LogP contribution in [0.1, 0.15) is 31.8 Å². The van der Waals surface area contributed by atoms with Gasteiger partial charge < -0.3 is 11.1 Å². The van der Waals surface area contributed by atoms with Gasteiger partial charge >= 0.3 is 0 Å². The average Bonchev–Trinajstić information content (AvgIpc) is 2.71. The molecule has 0 saturated carbocycles. The van der Waals surface area contributed by atoms with Crippen molar-refractivity contribution in [3.05, 3.63) is 89.0 Å². The van der Waals surface area contributed by atoms with Crippen LogP contribution in [0.25, 0.3) is 0 Å². The lowest BCUT2D eigenvalue weighted by Crippen LogP contribution is -2.21. The van der Waals surface area contributed by atoms with E-state index in [-0.39, 0.29) is 23.2 Å². The van der Waals surface area contributed by atoms with E-state index in [0.717, 1.165) is 4.90 Å². The maximum Gasteiger partial charge on any atom is 0.234 e. The number of hydrogen-bond donors (Lipinski definition) is 2. The average molecular weight is 388 g/mol. The van der Waals surface area contributed by atoms with Crippen LogP contribution < -0.4 is 11.1 Å². The molecule has 1 aliphatic rings. The van der Waals surface area contributed by atoms with Gasteiger partial charge in [-0.25, -0.2) is 0 Å². The second-order valence-corrected chi connectivity index (χ2v) is 7.36. The maximum absolute atomic E-state index is 12.8. The highest BCUT2D eigenvalue weighted by molar-refractivity contribution is 8.00. The van der Waals surface area contributed by atoms with Crippen molar-refractivity contribution in [3.63, 3.8) is 0 Å². The molecule has 28 heavy (non-hydrogen) atoms. The molecule has 0 fully saturated rings. The van der Waals surface area contributed by atoms with E-state index in [2.05, 4.69) is 5.32 Å². The van der Waals surface area contributed by atoms with Crippen molar-refractivity contribution < 1.29 is 14.4 Å². The summed E-state index contributed by atoms with van der Waals surface area (Å²) in [7, 11) is 0. The van der Waals surface area contributed by atoms with Gasteiger partial charge in [0.25, 0.3) is 0 Å². The summed E-state index contributed by atoms with van der Waals surface area (Å²) in [5, 5.41) is 2.78. The molecule has 6 heteroatoms. The molecular formula is C22H16N2O3S. The van der Waals surface area contributed by atoms with Gasteiger partial charge in [0.1, 0.15) is 0 Å². The summed E-state index contributed by atoms with van der Waals surface area (Å²) in [5.74, 6) is -0.435. The second kappa shape index (κ2) is 7.32. The normalized spacial score (nSPS) is 12.3. The van der Waals surface area contributed by atoms with Gasteiger partial charge in [0.2, 0.25) is 5.91 Å². The number of para-hydroxylation sites is 1. The molecule has 3 N–H and O–H groups in total. The maximum atomic E-state index is 12.8. The molecule has 3 aromatic rings. The lowest BCUT2D eigenvalue weighted by Gasteiger charge is -2.18. The Kier molecular flexibility index (Phi) is 4.71. The Morgan fingerprint density at radius 1 is 0.821 bits per heavy atom. The van der Waals surface area contributed by atoms with Crippen molar-refractivity contribution in [1.82, 2.24) is 0 Å². The highest BCUT2D eigenvalue weighted by Crippen LogP contribution is 2.29. The van der Waals surface area contributed by atoms with Crippen LogP contribution in [0.15, 0.2) is 71.6 Å². The van der Waals surface area contributed by atoms with Gasteiger partial charge in [-0.3, -0.25) is 14.4 Å². The molecule has 0 unspecified atom stereocenters. The minimum atomic E-state index is -0.219. The zero-order chi connectivity index (χ0) is 19.7. The summed E-state index contributed by atoms with van der Waals surface area (Å²) < 4.78 is 0.